The first-order chi connectivity index (χ1) is 10.1. The van der Waals surface area contributed by atoms with Crippen molar-refractivity contribution in [2.45, 2.75) is 13.8 Å². The Morgan fingerprint density at radius 2 is 1.95 bits per heavy atom. The van der Waals surface area contributed by atoms with E-state index in [0.717, 1.165) is 11.3 Å². The van der Waals surface area contributed by atoms with E-state index in [1.807, 2.05) is 26.1 Å². The summed E-state index contributed by atoms with van der Waals surface area (Å²) in [6.07, 6.45) is 3.05. The molecule has 1 amide bonds. The van der Waals surface area contributed by atoms with Crippen LogP contribution in [0.5, 0.6) is 0 Å². The van der Waals surface area contributed by atoms with E-state index in [1.165, 1.54) is 6.08 Å². The average molecular weight is 290 g/mol. The highest BCUT2D eigenvalue weighted by Crippen LogP contribution is 2.12. The molecule has 1 atom stereocenters. The lowest BCUT2D eigenvalue weighted by Gasteiger charge is -2.11. The molecule has 0 spiro atoms. The van der Waals surface area contributed by atoms with E-state index in [1.54, 1.807) is 25.1 Å². The van der Waals surface area contributed by atoms with E-state index in [2.05, 4.69) is 10.6 Å². The molecule has 0 saturated carbocycles. The summed E-state index contributed by atoms with van der Waals surface area (Å²) in [5.41, 5.74) is 1.60. The maximum atomic E-state index is 11.8. The second kappa shape index (κ2) is 8.92. The quantitative estimate of drug-likeness (QED) is 0.596. The third-order valence-electron chi connectivity index (χ3n) is 2.83. The van der Waals surface area contributed by atoms with Crippen molar-refractivity contribution in [1.29, 1.82) is 0 Å². The number of carbonyl (C=O) groups excluding carboxylic acids is 2. The van der Waals surface area contributed by atoms with Gasteiger partial charge in [0.2, 0.25) is 5.91 Å². The number of hydrogen-bond donors (Lipinski definition) is 2. The Morgan fingerprint density at radius 3 is 2.52 bits per heavy atom. The first-order valence-electron chi connectivity index (χ1n) is 6.97. The maximum absolute atomic E-state index is 11.8. The molecule has 0 aliphatic rings. The minimum Gasteiger partial charge on any atom is -0.463 e. The molecule has 21 heavy (non-hydrogen) atoms. The van der Waals surface area contributed by atoms with Crippen molar-refractivity contribution in [2.75, 3.05) is 25.5 Å². The van der Waals surface area contributed by atoms with Crippen molar-refractivity contribution in [3.8, 4) is 0 Å². The Hall–Kier alpha value is -2.14. The normalized spacial score (nSPS) is 12.1. The van der Waals surface area contributed by atoms with Gasteiger partial charge in [-0.25, -0.2) is 4.79 Å². The maximum Gasteiger partial charge on any atom is 0.330 e. The Labute approximate surface area is 125 Å². The second-order valence-electron chi connectivity index (χ2n) is 4.66. The molecule has 0 saturated heterocycles. The Bertz CT molecular complexity index is 495. The van der Waals surface area contributed by atoms with Gasteiger partial charge in [-0.2, -0.15) is 0 Å². The number of carbonyl (C=O) groups is 2. The van der Waals surface area contributed by atoms with Crippen molar-refractivity contribution >= 4 is 23.6 Å². The van der Waals surface area contributed by atoms with Crippen LogP contribution in [0.1, 0.15) is 19.4 Å². The SMILES string of the molecule is CCOC(=O)C=Cc1ccc(NC(=O)C(C)CNC)cc1. The highest BCUT2D eigenvalue weighted by atomic mass is 16.5. The van der Waals surface area contributed by atoms with Gasteiger partial charge in [0.25, 0.3) is 0 Å². The minimum absolute atomic E-state index is 0.0286. The number of anilines is 1. The van der Waals surface area contributed by atoms with Gasteiger partial charge >= 0.3 is 5.97 Å². The molecule has 0 radical (unpaired) electrons. The molecule has 0 aliphatic carbocycles. The topological polar surface area (TPSA) is 67.4 Å². The van der Waals surface area contributed by atoms with Gasteiger partial charge in [0.05, 0.1) is 6.61 Å². The van der Waals surface area contributed by atoms with Crippen molar-refractivity contribution < 1.29 is 14.3 Å². The number of hydrogen-bond acceptors (Lipinski definition) is 4. The fourth-order valence-corrected chi connectivity index (χ4v) is 1.70. The van der Waals surface area contributed by atoms with Gasteiger partial charge in [0.1, 0.15) is 0 Å². The van der Waals surface area contributed by atoms with E-state index in [-0.39, 0.29) is 17.8 Å². The zero-order chi connectivity index (χ0) is 15.7. The molecule has 0 fully saturated rings. The van der Waals surface area contributed by atoms with Gasteiger partial charge in [-0.05, 0) is 37.7 Å². The lowest BCUT2D eigenvalue weighted by Crippen LogP contribution is -2.28. The summed E-state index contributed by atoms with van der Waals surface area (Å²) in [6, 6.07) is 7.26. The molecule has 1 rings (SSSR count). The standard InChI is InChI=1S/C16H22N2O3/c1-4-21-15(19)10-7-13-5-8-14(9-6-13)18-16(20)12(2)11-17-3/h5-10,12,17H,4,11H2,1-3H3,(H,18,20). The van der Waals surface area contributed by atoms with Gasteiger partial charge in [-0.1, -0.05) is 19.1 Å². The summed E-state index contributed by atoms with van der Waals surface area (Å²) in [4.78, 5) is 23.0. The van der Waals surface area contributed by atoms with Crippen LogP contribution in [0, 0.1) is 5.92 Å². The van der Waals surface area contributed by atoms with Crippen LogP contribution in [-0.2, 0) is 14.3 Å². The molecule has 2 N–H and O–H groups in total. The zero-order valence-corrected chi connectivity index (χ0v) is 12.7. The Morgan fingerprint density at radius 1 is 1.29 bits per heavy atom. The first kappa shape index (κ1) is 16.9. The third-order valence-corrected chi connectivity index (χ3v) is 2.83. The van der Waals surface area contributed by atoms with Crippen LogP contribution in [0.3, 0.4) is 0 Å². The van der Waals surface area contributed by atoms with E-state index < -0.39 is 0 Å². The monoisotopic (exact) mass is 290 g/mol. The minimum atomic E-state index is -0.365. The highest BCUT2D eigenvalue weighted by Gasteiger charge is 2.11. The van der Waals surface area contributed by atoms with Crippen LogP contribution in [0.2, 0.25) is 0 Å². The van der Waals surface area contributed by atoms with Crippen molar-refractivity contribution in [2.24, 2.45) is 5.92 Å². The molecule has 0 aliphatic heterocycles. The number of ether oxygens (including phenoxy) is 1. The van der Waals surface area contributed by atoms with Crippen molar-refractivity contribution in [1.82, 2.24) is 5.32 Å². The van der Waals surface area contributed by atoms with Crippen LogP contribution in [0.4, 0.5) is 5.69 Å². The van der Waals surface area contributed by atoms with Crippen LogP contribution in [0.15, 0.2) is 30.3 Å². The summed E-state index contributed by atoms with van der Waals surface area (Å²) < 4.78 is 4.80. The molecule has 5 nitrogen and oxygen atoms in total. The molecule has 0 aromatic heterocycles. The number of nitrogens with one attached hydrogen (secondary N) is 2. The molecule has 0 heterocycles. The van der Waals surface area contributed by atoms with Gasteiger partial charge in [-0.3, -0.25) is 4.79 Å². The summed E-state index contributed by atoms with van der Waals surface area (Å²) in [6.45, 7) is 4.62. The number of esters is 1. The average Bonchev–Trinajstić information content (AvgIpc) is 2.47. The predicted molar refractivity (Wildman–Crippen MR) is 83.8 cm³/mol. The van der Waals surface area contributed by atoms with E-state index in [0.29, 0.717) is 13.2 Å². The predicted octanol–water partition coefficient (Wildman–Crippen LogP) is 2.06. The van der Waals surface area contributed by atoms with Gasteiger partial charge in [-0.15, -0.1) is 0 Å². The van der Waals surface area contributed by atoms with Crippen LogP contribution >= 0.6 is 0 Å². The summed E-state index contributed by atoms with van der Waals surface area (Å²) in [7, 11) is 1.81. The highest BCUT2D eigenvalue weighted by molar-refractivity contribution is 5.92. The fraction of sp³-hybridized carbons (Fsp3) is 0.375. The van der Waals surface area contributed by atoms with Crippen LogP contribution in [0.25, 0.3) is 6.08 Å². The van der Waals surface area contributed by atoms with Gasteiger partial charge in [0.15, 0.2) is 0 Å². The molecular formula is C16H22N2O3. The second-order valence-corrected chi connectivity index (χ2v) is 4.66. The Balaban J connectivity index is 2.58. The van der Waals surface area contributed by atoms with E-state index >= 15 is 0 Å². The van der Waals surface area contributed by atoms with Gasteiger partial charge in [0, 0.05) is 24.2 Å². The van der Waals surface area contributed by atoms with Crippen molar-refractivity contribution in [3.05, 3.63) is 35.9 Å². The van der Waals surface area contributed by atoms with Crippen LogP contribution in [-0.4, -0.2) is 32.1 Å². The van der Waals surface area contributed by atoms with Crippen molar-refractivity contribution in [3.63, 3.8) is 0 Å². The molecular weight excluding hydrogens is 268 g/mol. The zero-order valence-electron chi connectivity index (χ0n) is 12.7. The molecule has 0 bridgehead atoms. The number of amides is 1. The fourth-order valence-electron chi connectivity index (χ4n) is 1.70. The van der Waals surface area contributed by atoms with E-state index in [9.17, 15) is 9.59 Å². The van der Waals surface area contributed by atoms with Gasteiger partial charge < -0.3 is 15.4 Å². The molecule has 1 unspecified atom stereocenters. The largest absolute Gasteiger partial charge is 0.463 e. The lowest BCUT2D eigenvalue weighted by atomic mass is 10.1. The number of rotatable bonds is 7. The lowest BCUT2D eigenvalue weighted by molar-refractivity contribution is -0.137. The molecule has 5 heteroatoms. The van der Waals surface area contributed by atoms with Crippen LogP contribution < -0.4 is 10.6 Å². The van der Waals surface area contributed by atoms with E-state index in [4.69, 9.17) is 4.74 Å². The number of benzene rings is 1. The molecule has 1 aromatic carbocycles. The summed E-state index contributed by atoms with van der Waals surface area (Å²) in [5.74, 6) is -0.492. The summed E-state index contributed by atoms with van der Waals surface area (Å²) in [5, 5.41) is 5.81. The Kier molecular flexibility index (Phi) is 7.18. The molecule has 1 aromatic rings. The third kappa shape index (κ3) is 6.23. The summed E-state index contributed by atoms with van der Waals surface area (Å²) >= 11 is 0. The molecule has 114 valence electrons. The first-order valence-corrected chi connectivity index (χ1v) is 6.97. The smallest absolute Gasteiger partial charge is 0.330 e.